The van der Waals surface area contributed by atoms with E-state index in [0.29, 0.717) is 6.54 Å². The molecule has 0 saturated carbocycles. The summed E-state index contributed by atoms with van der Waals surface area (Å²) in [5.74, 6) is 0.588. The Hall–Kier alpha value is -1.51. The van der Waals surface area contributed by atoms with Gasteiger partial charge in [0, 0.05) is 6.54 Å². The fraction of sp³-hybridized carbons (Fsp3) is 0.611. The van der Waals surface area contributed by atoms with Crippen LogP contribution in [0.4, 0.5) is 4.79 Å². The molecule has 0 radical (unpaired) electrons. The molecule has 3 rings (SSSR count). The van der Waals surface area contributed by atoms with Crippen molar-refractivity contribution in [1.82, 2.24) is 15.5 Å². The number of nitrogens with zero attached hydrogens (tertiary/aromatic N) is 1. The molecule has 0 aromatic heterocycles. The smallest absolute Gasteiger partial charge is 0.315 e. The molecule has 7 nitrogen and oxygen atoms in total. The summed E-state index contributed by atoms with van der Waals surface area (Å²) in [4.78, 5) is 14.6. The Morgan fingerprint density at radius 2 is 1.93 bits per heavy atom. The van der Waals surface area contributed by atoms with E-state index < -0.39 is 21.3 Å². The average molecular weight is 416 g/mol. The first kappa shape index (κ1) is 20.2. The van der Waals surface area contributed by atoms with Crippen LogP contribution in [0.15, 0.2) is 24.3 Å². The van der Waals surface area contributed by atoms with Crippen LogP contribution >= 0.6 is 11.6 Å². The highest BCUT2D eigenvalue weighted by molar-refractivity contribution is 7.91. The molecule has 2 amide bonds. The lowest BCUT2D eigenvalue weighted by Gasteiger charge is -2.28. The number of carbonyl (C=O) groups is 1. The van der Waals surface area contributed by atoms with Gasteiger partial charge in [-0.2, -0.15) is 0 Å². The summed E-state index contributed by atoms with van der Waals surface area (Å²) in [6.45, 7) is 2.42. The highest BCUT2D eigenvalue weighted by atomic mass is 35.5. The molecular weight excluding hydrogens is 390 g/mol. The summed E-state index contributed by atoms with van der Waals surface area (Å²) in [6, 6.07) is 6.98. The van der Waals surface area contributed by atoms with Crippen LogP contribution < -0.4 is 15.4 Å². The summed E-state index contributed by atoms with van der Waals surface area (Å²) in [5, 5.41) is 5.00. The molecule has 2 aliphatic heterocycles. The number of hydrogen-bond donors (Lipinski definition) is 2. The maximum absolute atomic E-state index is 12.3. The number of benzene rings is 1. The average Bonchev–Trinajstić information content (AvgIpc) is 3.23. The second-order valence-electron chi connectivity index (χ2n) is 7.09. The van der Waals surface area contributed by atoms with Crippen LogP contribution in [0.2, 0.25) is 0 Å². The SMILES string of the molecule is COc1ccc([C@H](CNC(=O)N[C@H]2CS(=O)(=O)C[C@@H]2Cl)N2CCCC2)cc1. The van der Waals surface area contributed by atoms with E-state index in [1.807, 2.05) is 24.3 Å². The molecule has 2 N–H and O–H groups in total. The van der Waals surface area contributed by atoms with Crippen LogP contribution in [0.1, 0.15) is 24.4 Å². The molecule has 9 heteroatoms. The van der Waals surface area contributed by atoms with Crippen LogP contribution in [-0.4, -0.2) is 69.0 Å². The number of alkyl halides is 1. The third kappa shape index (κ3) is 5.27. The number of ether oxygens (including phenoxy) is 1. The summed E-state index contributed by atoms with van der Waals surface area (Å²) < 4.78 is 28.5. The fourth-order valence-corrected chi connectivity index (χ4v) is 6.23. The molecule has 1 aromatic carbocycles. The first-order chi connectivity index (χ1) is 12.9. The Balaban J connectivity index is 1.61. The lowest BCUT2D eigenvalue weighted by Crippen LogP contribution is -2.48. The molecule has 0 spiro atoms. The van der Waals surface area contributed by atoms with Gasteiger partial charge >= 0.3 is 6.03 Å². The molecule has 1 aromatic rings. The maximum Gasteiger partial charge on any atom is 0.315 e. The number of urea groups is 1. The maximum atomic E-state index is 12.3. The molecule has 3 atom stereocenters. The number of carbonyl (C=O) groups excluding carboxylic acids is 1. The molecule has 2 heterocycles. The predicted molar refractivity (Wildman–Crippen MR) is 105 cm³/mol. The van der Waals surface area contributed by atoms with Gasteiger partial charge in [0.15, 0.2) is 9.84 Å². The lowest BCUT2D eigenvalue weighted by atomic mass is 10.1. The highest BCUT2D eigenvalue weighted by Gasteiger charge is 2.37. The second kappa shape index (κ2) is 8.67. The number of sulfone groups is 1. The van der Waals surface area contributed by atoms with Gasteiger partial charge in [-0.15, -0.1) is 11.6 Å². The minimum atomic E-state index is -3.18. The van der Waals surface area contributed by atoms with Crippen LogP contribution in [-0.2, 0) is 9.84 Å². The van der Waals surface area contributed by atoms with Gasteiger partial charge in [0.25, 0.3) is 0 Å². The normalized spacial score (nSPS) is 25.9. The van der Waals surface area contributed by atoms with Gasteiger partial charge in [-0.1, -0.05) is 12.1 Å². The van der Waals surface area contributed by atoms with E-state index in [2.05, 4.69) is 15.5 Å². The van der Waals surface area contributed by atoms with E-state index >= 15 is 0 Å². The van der Waals surface area contributed by atoms with Gasteiger partial charge in [0.2, 0.25) is 0 Å². The highest BCUT2D eigenvalue weighted by Crippen LogP contribution is 2.26. The zero-order chi connectivity index (χ0) is 19.4. The zero-order valence-electron chi connectivity index (χ0n) is 15.4. The summed E-state index contributed by atoms with van der Waals surface area (Å²) in [7, 11) is -1.55. The third-order valence-corrected chi connectivity index (χ3v) is 7.51. The summed E-state index contributed by atoms with van der Waals surface area (Å²) in [6.07, 6.45) is 2.29. The van der Waals surface area contributed by atoms with Crippen molar-refractivity contribution < 1.29 is 17.9 Å². The monoisotopic (exact) mass is 415 g/mol. The largest absolute Gasteiger partial charge is 0.497 e. The van der Waals surface area contributed by atoms with E-state index in [0.717, 1.165) is 37.2 Å². The topological polar surface area (TPSA) is 87.7 Å². The van der Waals surface area contributed by atoms with E-state index in [1.54, 1.807) is 7.11 Å². The van der Waals surface area contributed by atoms with Gasteiger partial charge in [0.05, 0.1) is 36.1 Å². The number of methoxy groups -OCH3 is 1. The van der Waals surface area contributed by atoms with Crippen molar-refractivity contribution in [1.29, 1.82) is 0 Å². The van der Waals surface area contributed by atoms with Crippen LogP contribution in [0, 0.1) is 0 Å². The standard InChI is InChI=1S/C18H26ClN3O4S/c1-26-14-6-4-13(5-7-14)17(22-8-2-3-9-22)10-20-18(23)21-16-12-27(24,25)11-15(16)19/h4-7,15-17H,2-3,8-12H2,1H3,(H2,20,21,23)/t15-,16-,17-/m0/s1. The van der Waals surface area contributed by atoms with Crippen LogP contribution in [0.5, 0.6) is 5.75 Å². The van der Waals surface area contributed by atoms with Crippen molar-refractivity contribution in [2.75, 3.05) is 38.2 Å². The van der Waals surface area contributed by atoms with Gasteiger partial charge in [0.1, 0.15) is 5.75 Å². The van der Waals surface area contributed by atoms with Gasteiger partial charge in [-0.05, 0) is 43.6 Å². The fourth-order valence-electron chi connectivity index (χ4n) is 3.68. The molecule has 2 aliphatic rings. The van der Waals surface area contributed by atoms with Gasteiger partial charge in [-0.3, -0.25) is 4.90 Å². The van der Waals surface area contributed by atoms with E-state index in [9.17, 15) is 13.2 Å². The minimum absolute atomic E-state index is 0.0586. The Morgan fingerprint density at radius 1 is 1.26 bits per heavy atom. The first-order valence-corrected chi connectivity index (χ1v) is 11.4. The summed E-state index contributed by atoms with van der Waals surface area (Å²) >= 11 is 6.06. The molecule has 0 unspecified atom stereocenters. The molecule has 2 saturated heterocycles. The Bertz CT molecular complexity index is 750. The Morgan fingerprint density at radius 3 is 2.48 bits per heavy atom. The molecule has 27 heavy (non-hydrogen) atoms. The van der Waals surface area contributed by atoms with Crippen molar-refractivity contribution >= 4 is 27.5 Å². The molecule has 0 bridgehead atoms. The van der Waals surface area contributed by atoms with Crippen molar-refractivity contribution in [2.24, 2.45) is 0 Å². The zero-order valence-corrected chi connectivity index (χ0v) is 16.9. The van der Waals surface area contributed by atoms with Crippen molar-refractivity contribution in [3.8, 4) is 5.75 Å². The van der Waals surface area contributed by atoms with Gasteiger partial charge in [-0.25, -0.2) is 13.2 Å². The molecule has 0 aliphatic carbocycles. The number of likely N-dealkylation sites (tertiary alicyclic amines) is 1. The van der Waals surface area contributed by atoms with Crippen LogP contribution in [0.25, 0.3) is 0 Å². The van der Waals surface area contributed by atoms with E-state index in [4.69, 9.17) is 16.3 Å². The number of nitrogens with one attached hydrogen (secondary N) is 2. The van der Waals surface area contributed by atoms with Crippen LogP contribution in [0.3, 0.4) is 0 Å². The minimum Gasteiger partial charge on any atom is -0.497 e. The molecule has 150 valence electrons. The lowest BCUT2D eigenvalue weighted by molar-refractivity contribution is 0.219. The Labute approximate surface area is 165 Å². The molecular formula is C18H26ClN3O4S. The second-order valence-corrected chi connectivity index (χ2v) is 9.80. The Kier molecular flexibility index (Phi) is 6.49. The third-order valence-electron chi connectivity index (χ3n) is 5.14. The number of amides is 2. The first-order valence-electron chi connectivity index (χ1n) is 9.15. The number of hydrogen-bond acceptors (Lipinski definition) is 5. The van der Waals surface area contributed by atoms with Gasteiger partial charge < -0.3 is 15.4 Å². The summed E-state index contributed by atoms with van der Waals surface area (Å²) in [5.41, 5.74) is 1.11. The number of halogens is 1. The van der Waals surface area contributed by atoms with E-state index in [-0.39, 0.29) is 23.6 Å². The van der Waals surface area contributed by atoms with Crippen molar-refractivity contribution in [2.45, 2.75) is 30.3 Å². The van der Waals surface area contributed by atoms with E-state index in [1.165, 1.54) is 0 Å². The number of rotatable bonds is 6. The predicted octanol–water partition coefficient (Wildman–Crippen LogP) is 1.54. The van der Waals surface area contributed by atoms with Crippen molar-refractivity contribution in [3.63, 3.8) is 0 Å². The quantitative estimate of drug-likeness (QED) is 0.688. The van der Waals surface area contributed by atoms with Crippen molar-refractivity contribution in [3.05, 3.63) is 29.8 Å². The molecule has 2 fully saturated rings.